The standard InChI is InChI=1S/C17H19N3O4/c1-3-23-14-7-5-4-6-13(14)20-10-12(9-16(20)21)17(22)18-15-8-11(2)24-19-15/h4-8,12H,3,9-10H2,1-2H3,(H,18,19,22)/t12-/m1/s1. The average molecular weight is 329 g/mol. The first-order chi connectivity index (χ1) is 11.6. The molecule has 0 spiro atoms. The lowest BCUT2D eigenvalue weighted by atomic mass is 10.1. The maximum atomic E-state index is 12.4. The number of aromatic nitrogens is 1. The van der Waals surface area contributed by atoms with Crippen LogP contribution in [-0.4, -0.2) is 30.1 Å². The molecule has 24 heavy (non-hydrogen) atoms. The lowest BCUT2D eigenvalue weighted by Crippen LogP contribution is -2.28. The number of amides is 2. The first kappa shape index (κ1) is 16.0. The molecule has 7 heteroatoms. The van der Waals surface area contributed by atoms with E-state index in [-0.39, 0.29) is 18.2 Å². The zero-order valence-corrected chi connectivity index (χ0v) is 13.6. The maximum Gasteiger partial charge on any atom is 0.231 e. The Labute approximate surface area is 139 Å². The highest BCUT2D eigenvalue weighted by atomic mass is 16.5. The molecule has 1 saturated heterocycles. The second-order valence-electron chi connectivity index (χ2n) is 5.62. The molecule has 0 aliphatic carbocycles. The van der Waals surface area contributed by atoms with Crippen LogP contribution in [0.4, 0.5) is 11.5 Å². The Balaban J connectivity index is 1.73. The number of benzene rings is 1. The van der Waals surface area contributed by atoms with Crippen molar-refractivity contribution in [2.75, 3.05) is 23.4 Å². The van der Waals surface area contributed by atoms with Crippen LogP contribution < -0.4 is 15.0 Å². The number of para-hydroxylation sites is 2. The van der Waals surface area contributed by atoms with Gasteiger partial charge in [0.2, 0.25) is 11.8 Å². The van der Waals surface area contributed by atoms with Crippen LogP contribution in [0.25, 0.3) is 0 Å². The van der Waals surface area contributed by atoms with Gasteiger partial charge in [0.1, 0.15) is 11.5 Å². The van der Waals surface area contributed by atoms with E-state index in [1.807, 2.05) is 31.2 Å². The van der Waals surface area contributed by atoms with Crippen LogP contribution in [0.15, 0.2) is 34.9 Å². The monoisotopic (exact) mass is 329 g/mol. The third-order valence-electron chi connectivity index (χ3n) is 3.83. The first-order valence-corrected chi connectivity index (χ1v) is 7.85. The second-order valence-corrected chi connectivity index (χ2v) is 5.62. The summed E-state index contributed by atoms with van der Waals surface area (Å²) in [5.41, 5.74) is 0.692. The van der Waals surface area contributed by atoms with Crippen molar-refractivity contribution in [3.8, 4) is 5.75 Å². The third kappa shape index (κ3) is 3.24. The van der Waals surface area contributed by atoms with Crippen LogP contribution in [-0.2, 0) is 9.59 Å². The van der Waals surface area contributed by atoms with Gasteiger partial charge in [-0.15, -0.1) is 0 Å². The Hall–Kier alpha value is -2.83. The quantitative estimate of drug-likeness (QED) is 0.910. The van der Waals surface area contributed by atoms with Gasteiger partial charge in [0, 0.05) is 19.0 Å². The Morgan fingerprint density at radius 2 is 2.25 bits per heavy atom. The highest BCUT2D eigenvalue weighted by molar-refractivity contribution is 6.03. The topological polar surface area (TPSA) is 84.7 Å². The van der Waals surface area contributed by atoms with Crippen LogP contribution >= 0.6 is 0 Å². The minimum Gasteiger partial charge on any atom is -0.492 e. The van der Waals surface area contributed by atoms with Gasteiger partial charge in [-0.3, -0.25) is 9.59 Å². The van der Waals surface area contributed by atoms with E-state index >= 15 is 0 Å². The van der Waals surface area contributed by atoms with Crippen molar-refractivity contribution in [3.63, 3.8) is 0 Å². The van der Waals surface area contributed by atoms with E-state index in [0.717, 1.165) is 0 Å². The van der Waals surface area contributed by atoms with Gasteiger partial charge in [-0.2, -0.15) is 0 Å². The zero-order chi connectivity index (χ0) is 17.1. The summed E-state index contributed by atoms with van der Waals surface area (Å²) in [4.78, 5) is 26.3. The van der Waals surface area contributed by atoms with Crippen molar-refractivity contribution >= 4 is 23.3 Å². The fraction of sp³-hybridized carbons (Fsp3) is 0.353. The molecule has 1 N–H and O–H groups in total. The molecule has 1 aliphatic rings. The van der Waals surface area contributed by atoms with Crippen LogP contribution in [0, 0.1) is 12.8 Å². The molecule has 1 aromatic heterocycles. The fourth-order valence-electron chi connectivity index (χ4n) is 2.73. The van der Waals surface area contributed by atoms with E-state index in [0.29, 0.717) is 36.2 Å². The highest BCUT2D eigenvalue weighted by Gasteiger charge is 2.36. The molecular formula is C17H19N3O4. The predicted octanol–water partition coefficient (Wildman–Crippen LogP) is 2.37. The number of aryl methyl sites for hydroxylation is 1. The molecule has 7 nitrogen and oxygen atoms in total. The molecular weight excluding hydrogens is 310 g/mol. The van der Waals surface area contributed by atoms with Gasteiger partial charge in [-0.05, 0) is 26.0 Å². The minimum absolute atomic E-state index is 0.0985. The number of carbonyl (C=O) groups excluding carboxylic acids is 2. The molecule has 0 saturated carbocycles. The number of hydrogen-bond acceptors (Lipinski definition) is 5. The summed E-state index contributed by atoms with van der Waals surface area (Å²) in [6.45, 7) is 4.45. The van der Waals surface area contributed by atoms with Crippen LogP contribution in [0.3, 0.4) is 0 Å². The number of nitrogens with zero attached hydrogens (tertiary/aromatic N) is 2. The van der Waals surface area contributed by atoms with E-state index in [1.54, 1.807) is 17.9 Å². The Morgan fingerprint density at radius 1 is 1.46 bits per heavy atom. The molecule has 0 bridgehead atoms. The molecule has 1 fully saturated rings. The van der Waals surface area contributed by atoms with Crippen molar-refractivity contribution < 1.29 is 18.8 Å². The largest absolute Gasteiger partial charge is 0.492 e. The van der Waals surface area contributed by atoms with E-state index < -0.39 is 5.92 Å². The number of anilines is 2. The average Bonchev–Trinajstić information content (AvgIpc) is 3.14. The lowest BCUT2D eigenvalue weighted by molar-refractivity contribution is -0.122. The van der Waals surface area contributed by atoms with Crippen LogP contribution in [0.1, 0.15) is 19.1 Å². The molecule has 3 rings (SSSR count). The normalized spacial score (nSPS) is 17.2. The third-order valence-corrected chi connectivity index (χ3v) is 3.83. The van der Waals surface area contributed by atoms with E-state index in [2.05, 4.69) is 10.5 Å². The SMILES string of the molecule is CCOc1ccccc1N1C[C@H](C(=O)Nc2cc(C)on2)CC1=O. The van der Waals surface area contributed by atoms with Gasteiger partial charge in [0.05, 0.1) is 18.2 Å². The number of hydrogen-bond donors (Lipinski definition) is 1. The molecule has 2 aromatic rings. The second kappa shape index (κ2) is 6.74. The molecule has 0 radical (unpaired) electrons. The van der Waals surface area contributed by atoms with Crippen molar-refractivity contribution in [2.45, 2.75) is 20.3 Å². The van der Waals surface area contributed by atoms with Crippen molar-refractivity contribution in [1.29, 1.82) is 0 Å². The van der Waals surface area contributed by atoms with E-state index in [1.165, 1.54) is 0 Å². The number of ether oxygens (including phenoxy) is 1. The molecule has 1 atom stereocenters. The van der Waals surface area contributed by atoms with Gasteiger partial charge in [0.25, 0.3) is 0 Å². The lowest BCUT2D eigenvalue weighted by Gasteiger charge is -2.20. The zero-order valence-electron chi connectivity index (χ0n) is 13.6. The highest BCUT2D eigenvalue weighted by Crippen LogP contribution is 2.33. The van der Waals surface area contributed by atoms with Gasteiger partial charge < -0.3 is 19.5 Å². The van der Waals surface area contributed by atoms with Gasteiger partial charge in [-0.1, -0.05) is 17.3 Å². The van der Waals surface area contributed by atoms with Gasteiger partial charge in [0.15, 0.2) is 5.82 Å². The van der Waals surface area contributed by atoms with Crippen LogP contribution in [0.2, 0.25) is 0 Å². The summed E-state index contributed by atoms with van der Waals surface area (Å²) in [6.07, 6.45) is 0.156. The summed E-state index contributed by atoms with van der Waals surface area (Å²) in [6, 6.07) is 8.97. The molecule has 2 heterocycles. The molecule has 1 aromatic carbocycles. The summed E-state index contributed by atoms with van der Waals surface area (Å²) in [5, 5.41) is 6.42. The summed E-state index contributed by atoms with van der Waals surface area (Å²) < 4.78 is 10.5. The van der Waals surface area contributed by atoms with E-state index in [4.69, 9.17) is 9.26 Å². The predicted molar refractivity (Wildman–Crippen MR) is 87.9 cm³/mol. The summed E-state index contributed by atoms with van der Waals surface area (Å²) in [5.74, 6) is 0.829. The summed E-state index contributed by atoms with van der Waals surface area (Å²) in [7, 11) is 0. The van der Waals surface area contributed by atoms with Gasteiger partial charge in [-0.25, -0.2) is 0 Å². The number of nitrogens with one attached hydrogen (secondary N) is 1. The number of carbonyl (C=O) groups is 2. The maximum absolute atomic E-state index is 12.4. The van der Waals surface area contributed by atoms with E-state index in [9.17, 15) is 9.59 Å². The minimum atomic E-state index is -0.441. The smallest absolute Gasteiger partial charge is 0.231 e. The fourth-order valence-corrected chi connectivity index (χ4v) is 2.73. The van der Waals surface area contributed by atoms with Crippen molar-refractivity contribution in [3.05, 3.63) is 36.1 Å². The molecule has 0 unspecified atom stereocenters. The summed E-state index contributed by atoms with van der Waals surface area (Å²) >= 11 is 0. The first-order valence-electron chi connectivity index (χ1n) is 7.85. The van der Waals surface area contributed by atoms with Crippen LogP contribution in [0.5, 0.6) is 5.75 Å². The van der Waals surface area contributed by atoms with Crippen molar-refractivity contribution in [2.24, 2.45) is 5.92 Å². The molecule has 126 valence electrons. The van der Waals surface area contributed by atoms with Crippen molar-refractivity contribution in [1.82, 2.24) is 5.16 Å². The molecule has 2 amide bonds. The Morgan fingerprint density at radius 3 is 2.96 bits per heavy atom. The molecule has 1 aliphatic heterocycles. The number of rotatable bonds is 5. The Bertz CT molecular complexity index is 756. The van der Waals surface area contributed by atoms with Gasteiger partial charge >= 0.3 is 0 Å². The Kier molecular flexibility index (Phi) is 4.50.